The van der Waals surface area contributed by atoms with Crippen molar-refractivity contribution in [3.8, 4) is 0 Å². The SMILES string of the molecule is CCn1nc(C(C)C)cc1C(=O)N(CCC(=O)O)C(C)C. The summed E-state index contributed by atoms with van der Waals surface area (Å²) in [5.41, 5.74) is 1.41. The maximum absolute atomic E-state index is 12.7. The Hall–Kier alpha value is -1.85. The monoisotopic (exact) mass is 295 g/mol. The molecule has 1 rings (SSSR count). The van der Waals surface area contributed by atoms with E-state index in [9.17, 15) is 9.59 Å². The lowest BCUT2D eigenvalue weighted by Gasteiger charge is -2.26. The molecule has 1 heterocycles. The Morgan fingerprint density at radius 2 is 1.95 bits per heavy atom. The highest BCUT2D eigenvalue weighted by Gasteiger charge is 2.24. The van der Waals surface area contributed by atoms with Crippen LogP contribution in [0.15, 0.2) is 6.07 Å². The van der Waals surface area contributed by atoms with Crippen LogP contribution in [0.1, 0.15) is 63.1 Å². The zero-order valence-electron chi connectivity index (χ0n) is 13.5. The van der Waals surface area contributed by atoms with Gasteiger partial charge in [-0.25, -0.2) is 0 Å². The number of aliphatic carboxylic acids is 1. The number of carboxylic acid groups (broad SMARTS) is 1. The normalized spacial score (nSPS) is 11.2. The van der Waals surface area contributed by atoms with Gasteiger partial charge in [0.05, 0.1) is 12.1 Å². The molecule has 0 aromatic carbocycles. The van der Waals surface area contributed by atoms with Crippen molar-refractivity contribution >= 4 is 11.9 Å². The molecular formula is C15H25N3O3. The summed E-state index contributed by atoms with van der Waals surface area (Å²) in [6, 6.07) is 1.76. The number of aromatic nitrogens is 2. The lowest BCUT2D eigenvalue weighted by molar-refractivity contribution is -0.137. The summed E-state index contributed by atoms with van der Waals surface area (Å²) >= 11 is 0. The first-order chi connectivity index (χ1) is 9.77. The molecule has 0 atom stereocenters. The molecule has 0 bridgehead atoms. The summed E-state index contributed by atoms with van der Waals surface area (Å²) in [5.74, 6) is -0.816. The first-order valence-corrected chi connectivity index (χ1v) is 7.38. The zero-order chi connectivity index (χ0) is 16.2. The number of carboxylic acids is 1. The number of carbonyl (C=O) groups excluding carboxylic acids is 1. The van der Waals surface area contributed by atoms with Gasteiger partial charge in [-0.1, -0.05) is 13.8 Å². The van der Waals surface area contributed by atoms with Crippen LogP contribution >= 0.6 is 0 Å². The van der Waals surface area contributed by atoms with Gasteiger partial charge in [-0.15, -0.1) is 0 Å². The molecule has 0 spiro atoms. The molecule has 0 unspecified atom stereocenters. The van der Waals surface area contributed by atoms with Gasteiger partial charge in [0.25, 0.3) is 5.91 Å². The van der Waals surface area contributed by atoms with Crippen molar-refractivity contribution in [1.82, 2.24) is 14.7 Å². The molecule has 0 aliphatic carbocycles. The smallest absolute Gasteiger partial charge is 0.305 e. The lowest BCUT2D eigenvalue weighted by atomic mass is 10.1. The van der Waals surface area contributed by atoms with E-state index in [1.54, 1.807) is 9.58 Å². The van der Waals surface area contributed by atoms with E-state index in [0.717, 1.165) is 5.69 Å². The number of nitrogens with zero attached hydrogens (tertiary/aromatic N) is 3. The zero-order valence-corrected chi connectivity index (χ0v) is 13.5. The lowest BCUT2D eigenvalue weighted by Crippen LogP contribution is -2.39. The van der Waals surface area contributed by atoms with Crippen LogP contribution < -0.4 is 0 Å². The molecule has 21 heavy (non-hydrogen) atoms. The molecule has 0 aliphatic heterocycles. The van der Waals surface area contributed by atoms with Gasteiger partial charge in [-0.05, 0) is 32.8 Å². The highest BCUT2D eigenvalue weighted by atomic mass is 16.4. The molecule has 1 aromatic rings. The summed E-state index contributed by atoms with van der Waals surface area (Å²) in [4.78, 5) is 25.0. The fraction of sp³-hybridized carbons (Fsp3) is 0.667. The molecule has 118 valence electrons. The van der Waals surface area contributed by atoms with Crippen LogP contribution in [-0.2, 0) is 11.3 Å². The Kier molecular flexibility index (Phi) is 5.93. The Bertz CT molecular complexity index is 506. The minimum atomic E-state index is -0.902. The van der Waals surface area contributed by atoms with Gasteiger partial charge in [-0.3, -0.25) is 14.3 Å². The average molecular weight is 295 g/mol. The second kappa shape index (κ2) is 7.24. The van der Waals surface area contributed by atoms with Crippen LogP contribution in [-0.4, -0.2) is 44.3 Å². The van der Waals surface area contributed by atoms with Crippen LogP contribution in [0, 0.1) is 0 Å². The van der Waals surface area contributed by atoms with Crippen molar-refractivity contribution in [1.29, 1.82) is 0 Å². The molecule has 1 amide bonds. The molecule has 1 aromatic heterocycles. The largest absolute Gasteiger partial charge is 0.481 e. The number of hydrogen-bond donors (Lipinski definition) is 1. The number of hydrogen-bond acceptors (Lipinski definition) is 3. The maximum atomic E-state index is 12.7. The summed E-state index contributed by atoms with van der Waals surface area (Å²) in [7, 11) is 0. The maximum Gasteiger partial charge on any atom is 0.305 e. The summed E-state index contributed by atoms with van der Waals surface area (Å²) in [6.45, 7) is 10.6. The molecule has 0 fully saturated rings. The summed E-state index contributed by atoms with van der Waals surface area (Å²) < 4.78 is 1.69. The van der Waals surface area contributed by atoms with Gasteiger partial charge in [0.15, 0.2) is 0 Å². The third-order valence-electron chi connectivity index (χ3n) is 3.36. The second-order valence-electron chi connectivity index (χ2n) is 5.66. The van der Waals surface area contributed by atoms with Crippen molar-refractivity contribution in [2.24, 2.45) is 0 Å². The van der Waals surface area contributed by atoms with Gasteiger partial charge in [0.1, 0.15) is 5.69 Å². The summed E-state index contributed by atoms with van der Waals surface area (Å²) in [5, 5.41) is 13.3. The highest BCUT2D eigenvalue weighted by Crippen LogP contribution is 2.17. The highest BCUT2D eigenvalue weighted by molar-refractivity contribution is 5.93. The molecule has 0 saturated heterocycles. The van der Waals surface area contributed by atoms with Crippen molar-refractivity contribution in [2.45, 2.75) is 59.5 Å². The van der Waals surface area contributed by atoms with Gasteiger partial charge in [-0.2, -0.15) is 5.10 Å². The van der Waals surface area contributed by atoms with E-state index in [1.807, 2.05) is 40.7 Å². The third kappa shape index (κ3) is 4.31. The van der Waals surface area contributed by atoms with Gasteiger partial charge in [0, 0.05) is 19.1 Å². The van der Waals surface area contributed by atoms with Crippen LogP contribution in [0.25, 0.3) is 0 Å². The molecule has 6 heteroatoms. The topological polar surface area (TPSA) is 75.4 Å². The molecular weight excluding hydrogens is 270 g/mol. The Morgan fingerprint density at radius 3 is 2.38 bits per heavy atom. The predicted octanol–water partition coefficient (Wildman–Crippen LogP) is 2.35. The minimum absolute atomic E-state index is 0.0543. The number of rotatable bonds is 7. The minimum Gasteiger partial charge on any atom is -0.481 e. The predicted molar refractivity (Wildman–Crippen MR) is 80.4 cm³/mol. The van der Waals surface area contributed by atoms with Crippen molar-refractivity contribution in [2.75, 3.05) is 6.54 Å². The first-order valence-electron chi connectivity index (χ1n) is 7.38. The second-order valence-corrected chi connectivity index (χ2v) is 5.66. The standard InChI is InChI=1S/C15H25N3O3/c1-6-18-13(9-12(16-18)10(2)3)15(21)17(11(4)5)8-7-14(19)20/h9-11H,6-8H2,1-5H3,(H,19,20). The molecule has 0 saturated carbocycles. The van der Waals surface area contributed by atoms with Crippen molar-refractivity contribution in [3.05, 3.63) is 17.5 Å². The average Bonchev–Trinajstić information content (AvgIpc) is 2.82. The number of carbonyl (C=O) groups is 2. The molecule has 6 nitrogen and oxygen atoms in total. The fourth-order valence-corrected chi connectivity index (χ4v) is 2.09. The molecule has 0 radical (unpaired) electrons. The van der Waals surface area contributed by atoms with E-state index >= 15 is 0 Å². The van der Waals surface area contributed by atoms with Gasteiger partial charge in [0.2, 0.25) is 0 Å². The quantitative estimate of drug-likeness (QED) is 0.838. The van der Waals surface area contributed by atoms with Crippen LogP contribution in [0.3, 0.4) is 0 Å². The number of amides is 1. The van der Waals surface area contributed by atoms with E-state index in [0.29, 0.717) is 12.2 Å². The van der Waals surface area contributed by atoms with Crippen LogP contribution in [0.4, 0.5) is 0 Å². The van der Waals surface area contributed by atoms with Gasteiger partial charge < -0.3 is 10.0 Å². The summed E-state index contributed by atoms with van der Waals surface area (Å²) in [6.07, 6.45) is -0.0543. The molecule has 0 aliphatic rings. The van der Waals surface area contributed by atoms with E-state index in [1.165, 1.54) is 0 Å². The van der Waals surface area contributed by atoms with Gasteiger partial charge >= 0.3 is 5.97 Å². The van der Waals surface area contributed by atoms with E-state index < -0.39 is 5.97 Å². The Morgan fingerprint density at radius 1 is 1.33 bits per heavy atom. The first kappa shape index (κ1) is 17.2. The molecule has 1 N–H and O–H groups in total. The van der Waals surface area contributed by atoms with Crippen LogP contribution in [0.2, 0.25) is 0 Å². The fourth-order valence-electron chi connectivity index (χ4n) is 2.09. The number of aryl methyl sites for hydroxylation is 1. The van der Waals surface area contributed by atoms with E-state index in [2.05, 4.69) is 5.10 Å². The third-order valence-corrected chi connectivity index (χ3v) is 3.36. The van der Waals surface area contributed by atoms with Crippen LogP contribution in [0.5, 0.6) is 0 Å². The Labute approximate surface area is 125 Å². The van der Waals surface area contributed by atoms with Crippen molar-refractivity contribution in [3.63, 3.8) is 0 Å². The van der Waals surface area contributed by atoms with E-state index in [4.69, 9.17) is 5.11 Å². The Balaban J connectivity index is 3.05. The van der Waals surface area contributed by atoms with E-state index in [-0.39, 0.29) is 30.8 Å². The van der Waals surface area contributed by atoms with Crippen molar-refractivity contribution < 1.29 is 14.7 Å².